The van der Waals surface area contributed by atoms with Gasteiger partial charge in [0, 0.05) is 13.2 Å². The van der Waals surface area contributed by atoms with Gasteiger partial charge in [0.05, 0.1) is 18.6 Å². The Kier molecular flexibility index (Phi) is 5.05. The fourth-order valence-electron chi connectivity index (χ4n) is 2.09. The smallest absolute Gasteiger partial charge is 0.224 e. The number of amides is 1. The molecule has 3 atom stereocenters. The van der Waals surface area contributed by atoms with Crippen molar-refractivity contribution in [2.24, 2.45) is 11.7 Å². The minimum Gasteiger partial charge on any atom is -0.383 e. The SMILES string of the molecule is CCC(COC)NC(=O)C1CCCC1N. The topological polar surface area (TPSA) is 64.3 Å². The summed E-state index contributed by atoms with van der Waals surface area (Å²) in [7, 11) is 1.65. The average Bonchev–Trinajstić information content (AvgIpc) is 2.63. The third-order valence-corrected chi connectivity index (χ3v) is 3.11. The fourth-order valence-corrected chi connectivity index (χ4v) is 2.09. The van der Waals surface area contributed by atoms with E-state index in [1.54, 1.807) is 7.11 Å². The third kappa shape index (κ3) is 3.47. The molecule has 1 fully saturated rings. The number of hydrogen-bond acceptors (Lipinski definition) is 3. The first-order chi connectivity index (χ1) is 7.19. The highest BCUT2D eigenvalue weighted by Crippen LogP contribution is 2.24. The summed E-state index contributed by atoms with van der Waals surface area (Å²) in [5, 5.41) is 3.00. The predicted molar refractivity (Wildman–Crippen MR) is 59.4 cm³/mol. The molecular weight excluding hydrogens is 192 g/mol. The normalized spacial score (nSPS) is 27.7. The maximum Gasteiger partial charge on any atom is 0.224 e. The van der Waals surface area contributed by atoms with E-state index in [1.807, 2.05) is 6.92 Å². The lowest BCUT2D eigenvalue weighted by Gasteiger charge is -2.20. The summed E-state index contributed by atoms with van der Waals surface area (Å²) >= 11 is 0. The van der Waals surface area contributed by atoms with Crippen LogP contribution in [0.3, 0.4) is 0 Å². The summed E-state index contributed by atoms with van der Waals surface area (Å²) < 4.78 is 5.04. The molecule has 0 spiro atoms. The molecule has 3 N–H and O–H groups in total. The van der Waals surface area contributed by atoms with Crippen LogP contribution in [0.1, 0.15) is 32.6 Å². The Morgan fingerprint density at radius 3 is 2.80 bits per heavy atom. The molecule has 0 saturated heterocycles. The van der Waals surface area contributed by atoms with Gasteiger partial charge in [-0.3, -0.25) is 4.79 Å². The van der Waals surface area contributed by atoms with Crippen molar-refractivity contribution >= 4 is 5.91 Å². The highest BCUT2D eigenvalue weighted by Gasteiger charge is 2.30. The second kappa shape index (κ2) is 6.08. The predicted octanol–water partition coefficient (Wildman–Crippen LogP) is 0.655. The number of methoxy groups -OCH3 is 1. The lowest BCUT2D eigenvalue weighted by Crippen LogP contribution is -2.44. The summed E-state index contributed by atoms with van der Waals surface area (Å²) in [5.74, 6) is 0.111. The quantitative estimate of drug-likeness (QED) is 0.706. The van der Waals surface area contributed by atoms with E-state index in [0.717, 1.165) is 25.7 Å². The van der Waals surface area contributed by atoms with Crippen molar-refractivity contribution in [3.8, 4) is 0 Å². The van der Waals surface area contributed by atoms with Gasteiger partial charge in [-0.1, -0.05) is 13.3 Å². The van der Waals surface area contributed by atoms with E-state index in [9.17, 15) is 4.79 Å². The third-order valence-electron chi connectivity index (χ3n) is 3.11. The van der Waals surface area contributed by atoms with Gasteiger partial charge in [0.15, 0.2) is 0 Å². The summed E-state index contributed by atoms with van der Waals surface area (Å²) in [6.45, 7) is 2.61. The van der Waals surface area contributed by atoms with Crippen molar-refractivity contribution in [1.29, 1.82) is 0 Å². The molecule has 1 amide bonds. The van der Waals surface area contributed by atoms with Crippen LogP contribution in [0.25, 0.3) is 0 Å². The molecule has 4 nitrogen and oxygen atoms in total. The Balaban J connectivity index is 2.39. The van der Waals surface area contributed by atoms with Crippen LogP contribution in [0, 0.1) is 5.92 Å². The van der Waals surface area contributed by atoms with Gasteiger partial charge in [0.2, 0.25) is 5.91 Å². The highest BCUT2D eigenvalue weighted by molar-refractivity contribution is 5.80. The van der Waals surface area contributed by atoms with Gasteiger partial charge in [-0.05, 0) is 19.3 Å². The number of rotatable bonds is 5. The van der Waals surface area contributed by atoms with E-state index in [1.165, 1.54) is 0 Å². The largest absolute Gasteiger partial charge is 0.383 e. The first kappa shape index (κ1) is 12.5. The minimum atomic E-state index is 0.0101. The van der Waals surface area contributed by atoms with Crippen molar-refractivity contribution in [2.45, 2.75) is 44.7 Å². The van der Waals surface area contributed by atoms with Crippen molar-refractivity contribution in [3.05, 3.63) is 0 Å². The Bertz CT molecular complexity index is 209. The van der Waals surface area contributed by atoms with Crippen LogP contribution < -0.4 is 11.1 Å². The zero-order valence-electron chi connectivity index (χ0n) is 9.66. The maximum absolute atomic E-state index is 11.9. The van der Waals surface area contributed by atoms with Gasteiger partial charge in [-0.25, -0.2) is 0 Å². The number of carbonyl (C=O) groups is 1. The second-order valence-corrected chi connectivity index (χ2v) is 4.27. The first-order valence-corrected chi connectivity index (χ1v) is 5.74. The van der Waals surface area contributed by atoms with E-state index in [2.05, 4.69) is 5.32 Å². The molecule has 1 saturated carbocycles. The molecule has 0 aromatic rings. The molecule has 1 aliphatic carbocycles. The molecule has 3 unspecified atom stereocenters. The van der Waals surface area contributed by atoms with Crippen LogP contribution >= 0.6 is 0 Å². The minimum absolute atomic E-state index is 0.0101. The molecule has 0 aromatic carbocycles. The molecule has 0 bridgehead atoms. The van der Waals surface area contributed by atoms with Crippen LogP contribution in [-0.4, -0.2) is 31.7 Å². The molecule has 88 valence electrons. The zero-order valence-corrected chi connectivity index (χ0v) is 9.66. The molecule has 0 aromatic heterocycles. The molecule has 1 aliphatic rings. The summed E-state index contributed by atoms with van der Waals surface area (Å²) in [4.78, 5) is 11.9. The molecule has 0 aliphatic heterocycles. The van der Waals surface area contributed by atoms with Crippen LogP contribution in [0.5, 0.6) is 0 Å². The lowest BCUT2D eigenvalue weighted by atomic mass is 10.0. The van der Waals surface area contributed by atoms with Gasteiger partial charge >= 0.3 is 0 Å². The number of nitrogens with two attached hydrogens (primary N) is 1. The Hall–Kier alpha value is -0.610. The molecule has 4 heteroatoms. The molecular formula is C11H22N2O2. The van der Waals surface area contributed by atoms with Gasteiger partial charge in [-0.2, -0.15) is 0 Å². The van der Waals surface area contributed by atoms with E-state index in [-0.39, 0.29) is 23.9 Å². The molecule has 1 rings (SSSR count). The standard InChI is InChI=1S/C11H22N2O2/c1-3-8(7-15-2)13-11(14)9-5-4-6-10(9)12/h8-10H,3-7,12H2,1-2H3,(H,13,14). The van der Waals surface area contributed by atoms with Crippen molar-refractivity contribution in [3.63, 3.8) is 0 Å². The Morgan fingerprint density at radius 1 is 1.60 bits per heavy atom. The summed E-state index contributed by atoms with van der Waals surface area (Å²) in [6, 6.07) is 0.167. The Morgan fingerprint density at radius 2 is 2.33 bits per heavy atom. The van der Waals surface area contributed by atoms with Gasteiger partial charge < -0.3 is 15.8 Å². The number of carbonyl (C=O) groups excluding carboxylic acids is 1. The van der Waals surface area contributed by atoms with E-state index in [0.29, 0.717) is 6.61 Å². The number of nitrogens with one attached hydrogen (secondary N) is 1. The van der Waals surface area contributed by atoms with Crippen molar-refractivity contribution in [2.75, 3.05) is 13.7 Å². The van der Waals surface area contributed by atoms with Gasteiger partial charge in [-0.15, -0.1) is 0 Å². The van der Waals surface area contributed by atoms with Gasteiger partial charge in [0.1, 0.15) is 0 Å². The van der Waals surface area contributed by atoms with E-state index in [4.69, 9.17) is 10.5 Å². The van der Waals surface area contributed by atoms with E-state index < -0.39 is 0 Å². The van der Waals surface area contributed by atoms with Crippen LogP contribution in [0.4, 0.5) is 0 Å². The Labute approximate surface area is 91.5 Å². The monoisotopic (exact) mass is 214 g/mol. The second-order valence-electron chi connectivity index (χ2n) is 4.27. The average molecular weight is 214 g/mol. The van der Waals surface area contributed by atoms with Gasteiger partial charge in [0.25, 0.3) is 0 Å². The first-order valence-electron chi connectivity index (χ1n) is 5.74. The maximum atomic E-state index is 11.9. The van der Waals surface area contributed by atoms with Crippen molar-refractivity contribution < 1.29 is 9.53 Å². The van der Waals surface area contributed by atoms with Crippen LogP contribution in [-0.2, 0) is 9.53 Å². The number of hydrogen-bond donors (Lipinski definition) is 2. The fraction of sp³-hybridized carbons (Fsp3) is 0.909. The van der Waals surface area contributed by atoms with Crippen LogP contribution in [0.2, 0.25) is 0 Å². The molecule has 0 heterocycles. The summed E-state index contributed by atoms with van der Waals surface area (Å²) in [6.07, 6.45) is 3.86. The molecule has 0 radical (unpaired) electrons. The lowest BCUT2D eigenvalue weighted by molar-refractivity contribution is -0.126. The van der Waals surface area contributed by atoms with E-state index >= 15 is 0 Å². The summed E-state index contributed by atoms with van der Waals surface area (Å²) in [5.41, 5.74) is 5.88. The zero-order chi connectivity index (χ0) is 11.3. The van der Waals surface area contributed by atoms with Crippen molar-refractivity contribution in [1.82, 2.24) is 5.32 Å². The van der Waals surface area contributed by atoms with Crippen LogP contribution in [0.15, 0.2) is 0 Å². The molecule has 15 heavy (non-hydrogen) atoms. The highest BCUT2D eigenvalue weighted by atomic mass is 16.5. The number of ether oxygens (including phenoxy) is 1.